The number of imidazole rings is 1. The van der Waals surface area contributed by atoms with Crippen molar-refractivity contribution in [2.45, 2.75) is 18.9 Å². The summed E-state index contributed by atoms with van der Waals surface area (Å²) >= 11 is 5.94. The molecule has 0 unspecified atom stereocenters. The highest BCUT2D eigenvalue weighted by Gasteiger charge is 2.20. The zero-order chi connectivity index (χ0) is 20.8. The average molecular weight is 428 g/mol. The summed E-state index contributed by atoms with van der Waals surface area (Å²) in [5.74, 6) is -0.337. The number of anilines is 2. The van der Waals surface area contributed by atoms with Crippen molar-refractivity contribution >= 4 is 34.8 Å². The summed E-state index contributed by atoms with van der Waals surface area (Å²) in [5, 5.41) is 18.0. The molecule has 9 nitrogen and oxygen atoms in total. The number of nitrogens with one attached hydrogen (secondary N) is 3. The predicted molar refractivity (Wildman–Crippen MR) is 108 cm³/mol. The lowest BCUT2D eigenvalue weighted by Crippen LogP contribution is -2.19. The SMILES string of the molecule is O=c1[nH]c(O)c(/C=c2\cnn3c(=NC4CC4)cc(Nc4cc(F)cc(Cl)c4)nc23)[nH]1. The highest BCUT2D eigenvalue weighted by atomic mass is 35.5. The fraction of sp³-hybridized carbons (Fsp3) is 0.158. The molecule has 1 fully saturated rings. The van der Waals surface area contributed by atoms with Crippen molar-refractivity contribution in [3.05, 3.63) is 68.2 Å². The Morgan fingerprint density at radius 3 is 2.83 bits per heavy atom. The van der Waals surface area contributed by atoms with Crippen molar-refractivity contribution in [3.8, 4) is 5.88 Å². The monoisotopic (exact) mass is 427 g/mol. The standard InChI is InChI=1S/C19H15ClFN7O2/c20-10-4-11(21)6-13(5-10)23-15-7-16(24-12-1-2-12)28-17(26-15)9(8-22-28)3-14-18(29)27-19(30)25-14/h3-8,12,23,29H,1-2H2,(H2,25,27,30)/b9-3+,24-16?. The van der Waals surface area contributed by atoms with Crippen LogP contribution in [0.3, 0.4) is 0 Å². The van der Waals surface area contributed by atoms with E-state index in [1.54, 1.807) is 28.9 Å². The maximum absolute atomic E-state index is 13.7. The van der Waals surface area contributed by atoms with E-state index in [1.165, 1.54) is 12.1 Å². The van der Waals surface area contributed by atoms with E-state index in [1.807, 2.05) is 0 Å². The van der Waals surface area contributed by atoms with Crippen LogP contribution in [0.4, 0.5) is 15.9 Å². The molecule has 0 saturated heterocycles. The Balaban J connectivity index is 1.68. The number of rotatable bonds is 4. The van der Waals surface area contributed by atoms with Gasteiger partial charge in [0, 0.05) is 22.0 Å². The number of benzene rings is 1. The number of hydrogen-bond donors (Lipinski definition) is 4. The molecule has 3 heterocycles. The zero-order valence-electron chi connectivity index (χ0n) is 15.4. The summed E-state index contributed by atoms with van der Waals surface area (Å²) in [7, 11) is 0. The van der Waals surface area contributed by atoms with Gasteiger partial charge in [-0.3, -0.25) is 9.98 Å². The first-order chi connectivity index (χ1) is 14.4. The number of aromatic nitrogens is 5. The Morgan fingerprint density at radius 1 is 1.30 bits per heavy atom. The molecule has 0 atom stereocenters. The molecular weight excluding hydrogens is 413 g/mol. The molecule has 1 aliphatic rings. The van der Waals surface area contributed by atoms with Crippen molar-refractivity contribution < 1.29 is 9.50 Å². The fourth-order valence-corrected chi connectivity index (χ4v) is 3.26. The summed E-state index contributed by atoms with van der Waals surface area (Å²) in [6.07, 6.45) is 5.11. The van der Waals surface area contributed by atoms with Gasteiger partial charge in [0.05, 0.1) is 12.2 Å². The first-order valence-electron chi connectivity index (χ1n) is 9.13. The van der Waals surface area contributed by atoms with Gasteiger partial charge in [0.2, 0.25) is 5.88 Å². The van der Waals surface area contributed by atoms with E-state index in [0.717, 1.165) is 12.8 Å². The molecular formula is C19H15ClFN7O2. The van der Waals surface area contributed by atoms with Crippen LogP contribution >= 0.6 is 11.6 Å². The van der Waals surface area contributed by atoms with Crippen LogP contribution in [0.2, 0.25) is 5.02 Å². The minimum atomic E-state index is -0.530. The Morgan fingerprint density at radius 2 is 2.13 bits per heavy atom. The number of aromatic amines is 2. The van der Waals surface area contributed by atoms with Crippen LogP contribution in [0.15, 0.2) is 40.2 Å². The van der Waals surface area contributed by atoms with Crippen molar-refractivity contribution in [2.75, 3.05) is 5.32 Å². The Bertz CT molecular complexity index is 1430. The molecule has 1 saturated carbocycles. The van der Waals surface area contributed by atoms with E-state index in [2.05, 4.69) is 30.4 Å². The smallest absolute Gasteiger partial charge is 0.326 e. The van der Waals surface area contributed by atoms with Gasteiger partial charge in [-0.2, -0.15) is 9.61 Å². The molecule has 0 amide bonds. The maximum atomic E-state index is 13.7. The van der Waals surface area contributed by atoms with Gasteiger partial charge in [0.25, 0.3) is 0 Å². The van der Waals surface area contributed by atoms with Gasteiger partial charge in [0.15, 0.2) is 11.1 Å². The molecule has 3 aromatic heterocycles. The minimum Gasteiger partial charge on any atom is -0.493 e. The van der Waals surface area contributed by atoms with Crippen molar-refractivity contribution in [3.63, 3.8) is 0 Å². The van der Waals surface area contributed by atoms with Gasteiger partial charge >= 0.3 is 5.69 Å². The number of nitrogens with zero attached hydrogens (tertiary/aromatic N) is 4. The Kier molecular flexibility index (Phi) is 4.28. The highest BCUT2D eigenvalue weighted by molar-refractivity contribution is 6.30. The number of H-pyrrole nitrogens is 2. The molecule has 0 bridgehead atoms. The summed E-state index contributed by atoms with van der Waals surface area (Å²) in [6, 6.07) is 6.05. The molecule has 0 radical (unpaired) electrons. The Hall–Kier alpha value is -3.66. The Labute approximate surface area is 172 Å². The van der Waals surface area contributed by atoms with E-state index in [-0.39, 0.29) is 22.6 Å². The quantitative estimate of drug-likeness (QED) is 0.394. The lowest BCUT2D eigenvalue weighted by molar-refractivity contribution is 0.454. The molecule has 0 spiro atoms. The largest absolute Gasteiger partial charge is 0.493 e. The molecule has 1 aromatic carbocycles. The predicted octanol–water partition coefficient (Wildman–Crippen LogP) is 1.60. The third kappa shape index (κ3) is 3.64. The lowest BCUT2D eigenvalue weighted by atomic mass is 10.3. The van der Waals surface area contributed by atoms with Gasteiger partial charge in [-0.25, -0.2) is 14.2 Å². The fourth-order valence-electron chi connectivity index (χ4n) is 3.03. The number of hydrogen-bond acceptors (Lipinski definition) is 6. The molecule has 4 aromatic rings. The van der Waals surface area contributed by atoms with Gasteiger partial charge in [-0.15, -0.1) is 0 Å². The first-order valence-corrected chi connectivity index (χ1v) is 9.51. The van der Waals surface area contributed by atoms with Crippen LogP contribution in [0.25, 0.3) is 11.7 Å². The third-order valence-corrected chi connectivity index (χ3v) is 4.73. The van der Waals surface area contributed by atoms with Crippen LogP contribution < -0.4 is 21.7 Å². The summed E-state index contributed by atoms with van der Waals surface area (Å²) in [5.41, 5.74) is 1.14. The topological polar surface area (TPSA) is 123 Å². The average Bonchev–Trinajstić information content (AvgIpc) is 3.30. The van der Waals surface area contributed by atoms with Crippen LogP contribution in [-0.2, 0) is 0 Å². The van der Waals surface area contributed by atoms with Gasteiger partial charge in [0.1, 0.15) is 17.3 Å². The number of fused-ring (bicyclic) bond motifs is 1. The van der Waals surface area contributed by atoms with Crippen LogP contribution in [0, 0.1) is 5.82 Å². The van der Waals surface area contributed by atoms with Crippen LogP contribution in [0.5, 0.6) is 5.88 Å². The van der Waals surface area contributed by atoms with Crippen LogP contribution in [-0.4, -0.2) is 35.7 Å². The molecule has 30 heavy (non-hydrogen) atoms. The van der Waals surface area contributed by atoms with E-state index in [0.29, 0.717) is 27.9 Å². The summed E-state index contributed by atoms with van der Waals surface area (Å²) < 4.78 is 15.3. The van der Waals surface area contributed by atoms with Gasteiger partial charge < -0.3 is 15.4 Å². The highest BCUT2D eigenvalue weighted by Crippen LogP contribution is 2.23. The third-order valence-electron chi connectivity index (χ3n) is 4.51. The van der Waals surface area contributed by atoms with E-state index in [4.69, 9.17) is 11.6 Å². The van der Waals surface area contributed by atoms with Crippen molar-refractivity contribution in [1.82, 2.24) is 24.6 Å². The molecule has 4 N–H and O–H groups in total. The normalized spacial score (nSPS) is 15.3. The van der Waals surface area contributed by atoms with E-state index >= 15 is 0 Å². The molecule has 1 aliphatic carbocycles. The molecule has 152 valence electrons. The second kappa shape index (κ2) is 6.99. The molecule has 11 heteroatoms. The summed E-state index contributed by atoms with van der Waals surface area (Å²) in [6.45, 7) is 0. The van der Waals surface area contributed by atoms with Crippen molar-refractivity contribution in [2.24, 2.45) is 4.99 Å². The van der Waals surface area contributed by atoms with E-state index in [9.17, 15) is 14.3 Å². The maximum Gasteiger partial charge on any atom is 0.326 e. The van der Waals surface area contributed by atoms with E-state index < -0.39 is 11.5 Å². The first kappa shape index (κ1) is 18.4. The number of aromatic hydroxyl groups is 1. The minimum absolute atomic E-state index is 0.202. The lowest BCUT2D eigenvalue weighted by Gasteiger charge is -2.07. The van der Waals surface area contributed by atoms with Gasteiger partial charge in [-0.05, 0) is 37.1 Å². The van der Waals surface area contributed by atoms with Gasteiger partial charge in [-0.1, -0.05) is 11.6 Å². The van der Waals surface area contributed by atoms with Crippen LogP contribution in [0.1, 0.15) is 18.5 Å². The van der Waals surface area contributed by atoms with Crippen molar-refractivity contribution in [1.29, 1.82) is 0 Å². The molecule has 5 rings (SSSR count). The zero-order valence-corrected chi connectivity index (χ0v) is 16.1. The second-order valence-electron chi connectivity index (χ2n) is 6.96. The molecule has 0 aliphatic heterocycles. The number of halogens is 2. The summed E-state index contributed by atoms with van der Waals surface area (Å²) in [4.78, 5) is 25.4. The second-order valence-corrected chi connectivity index (χ2v) is 7.40.